The summed E-state index contributed by atoms with van der Waals surface area (Å²) in [5.41, 5.74) is -0.237. The Morgan fingerprint density at radius 3 is 2.47 bits per heavy atom. The van der Waals surface area contributed by atoms with Crippen molar-refractivity contribution in [3.63, 3.8) is 0 Å². The van der Waals surface area contributed by atoms with Crippen LogP contribution in [0.3, 0.4) is 0 Å². The number of ether oxygens (including phenoxy) is 1. The highest BCUT2D eigenvalue weighted by atomic mass is 16.5. The number of hydrogen-bond donors (Lipinski definition) is 0. The molecule has 1 fully saturated rings. The summed E-state index contributed by atoms with van der Waals surface area (Å²) in [5.74, 6) is 3.95. The van der Waals surface area contributed by atoms with Crippen LogP contribution < -0.4 is 0 Å². The van der Waals surface area contributed by atoms with Crippen molar-refractivity contribution >= 4 is 6.47 Å². The molecule has 1 rings (SSSR count). The second-order valence-corrected chi connectivity index (χ2v) is 5.87. The lowest BCUT2D eigenvalue weighted by Gasteiger charge is -2.33. The Hall–Kier alpha value is -0.970. The maximum Gasteiger partial charge on any atom is 0.293 e. The first kappa shape index (κ1) is 18.0. The maximum absolute atomic E-state index is 10.5. The second-order valence-electron chi connectivity index (χ2n) is 5.87. The van der Waals surface area contributed by atoms with E-state index in [1.807, 2.05) is 0 Å². The Labute approximate surface area is 119 Å². The summed E-state index contributed by atoms with van der Waals surface area (Å²) in [6.07, 6.45) is 13.2. The van der Waals surface area contributed by atoms with Gasteiger partial charge in [-0.2, -0.15) is 0 Å². The SMILES string of the molecule is C#CC.CCC(C)(CCC1CCCCC1C)OC=O. The lowest BCUT2D eigenvalue weighted by molar-refractivity contribution is -0.143. The fourth-order valence-electron chi connectivity index (χ4n) is 2.75. The van der Waals surface area contributed by atoms with Crippen molar-refractivity contribution in [1.82, 2.24) is 0 Å². The van der Waals surface area contributed by atoms with Crippen molar-refractivity contribution in [2.24, 2.45) is 11.8 Å². The normalized spacial score (nSPS) is 25.2. The molecule has 0 radical (unpaired) electrons. The van der Waals surface area contributed by atoms with Crippen molar-refractivity contribution in [1.29, 1.82) is 0 Å². The first-order chi connectivity index (χ1) is 9.02. The molecule has 1 aliphatic carbocycles. The molecule has 0 aromatic carbocycles. The third kappa shape index (κ3) is 7.25. The number of terminal acetylenes is 1. The van der Waals surface area contributed by atoms with Gasteiger partial charge < -0.3 is 4.74 Å². The molecule has 0 aromatic rings. The van der Waals surface area contributed by atoms with Crippen molar-refractivity contribution < 1.29 is 9.53 Å². The monoisotopic (exact) mass is 266 g/mol. The largest absolute Gasteiger partial charge is 0.462 e. The zero-order valence-corrected chi connectivity index (χ0v) is 13.1. The predicted octanol–water partition coefficient (Wildman–Crippen LogP) is 4.57. The van der Waals surface area contributed by atoms with Gasteiger partial charge in [0, 0.05) is 0 Å². The van der Waals surface area contributed by atoms with E-state index in [0.29, 0.717) is 6.47 Å². The van der Waals surface area contributed by atoms with Crippen LogP contribution >= 0.6 is 0 Å². The van der Waals surface area contributed by atoms with Gasteiger partial charge in [0.15, 0.2) is 0 Å². The smallest absolute Gasteiger partial charge is 0.293 e. The highest BCUT2D eigenvalue weighted by Crippen LogP contribution is 2.35. The molecule has 0 amide bonds. The number of rotatable bonds is 6. The van der Waals surface area contributed by atoms with Crippen LogP contribution in [-0.2, 0) is 9.53 Å². The van der Waals surface area contributed by atoms with E-state index in [1.165, 1.54) is 32.1 Å². The molecule has 1 saturated carbocycles. The van der Waals surface area contributed by atoms with Crippen LogP contribution in [0.25, 0.3) is 0 Å². The first-order valence-corrected chi connectivity index (χ1v) is 7.51. The molecule has 0 aliphatic heterocycles. The summed E-state index contributed by atoms with van der Waals surface area (Å²) in [5, 5.41) is 0. The quantitative estimate of drug-likeness (QED) is 0.520. The molecule has 0 aromatic heterocycles. The van der Waals surface area contributed by atoms with Gasteiger partial charge in [-0.1, -0.05) is 39.5 Å². The molecule has 3 unspecified atom stereocenters. The van der Waals surface area contributed by atoms with Gasteiger partial charge in [0.2, 0.25) is 0 Å². The fourth-order valence-corrected chi connectivity index (χ4v) is 2.75. The van der Waals surface area contributed by atoms with E-state index in [0.717, 1.165) is 24.7 Å². The van der Waals surface area contributed by atoms with Crippen molar-refractivity contribution in [3.8, 4) is 12.3 Å². The molecule has 2 heteroatoms. The fraction of sp³-hybridized carbons (Fsp3) is 0.824. The van der Waals surface area contributed by atoms with Gasteiger partial charge in [-0.15, -0.1) is 12.3 Å². The van der Waals surface area contributed by atoms with Gasteiger partial charge in [-0.05, 0) is 44.9 Å². The van der Waals surface area contributed by atoms with Gasteiger partial charge in [0.25, 0.3) is 6.47 Å². The molecular formula is C17H30O2. The minimum absolute atomic E-state index is 0.237. The standard InChI is InChI=1S/C14H26O2.C3H4/c1-4-14(3,16-11-15)10-9-13-8-6-5-7-12(13)2;1-3-2/h11-13H,4-10H2,1-3H3;1H,2H3. The van der Waals surface area contributed by atoms with Crippen molar-refractivity contribution in [2.45, 2.75) is 78.2 Å². The Balaban J connectivity index is 0.000000982. The predicted molar refractivity (Wildman–Crippen MR) is 80.7 cm³/mol. The van der Waals surface area contributed by atoms with Gasteiger partial charge in [-0.3, -0.25) is 4.79 Å². The van der Waals surface area contributed by atoms with Crippen LogP contribution in [0.5, 0.6) is 0 Å². The molecule has 2 nitrogen and oxygen atoms in total. The molecule has 0 spiro atoms. The van der Waals surface area contributed by atoms with Crippen LogP contribution in [0.4, 0.5) is 0 Å². The van der Waals surface area contributed by atoms with E-state index in [9.17, 15) is 4.79 Å². The minimum atomic E-state index is -0.237. The van der Waals surface area contributed by atoms with Gasteiger partial charge in [-0.25, -0.2) is 0 Å². The molecular weight excluding hydrogens is 236 g/mol. The highest BCUT2D eigenvalue weighted by Gasteiger charge is 2.27. The van der Waals surface area contributed by atoms with Crippen LogP contribution in [0.15, 0.2) is 0 Å². The van der Waals surface area contributed by atoms with Crippen LogP contribution in [0.1, 0.15) is 72.6 Å². The molecule has 3 atom stereocenters. The summed E-state index contributed by atoms with van der Waals surface area (Å²) in [6.45, 7) is 8.77. The van der Waals surface area contributed by atoms with E-state index in [1.54, 1.807) is 6.92 Å². The zero-order valence-electron chi connectivity index (χ0n) is 13.1. The minimum Gasteiger partial charge on any atom is -0.462 e. The molecule has 1 aliphatic rings. The Morgan fingerprint density at radius 2 is 2.00 bits per heavy atom. The summed E-state index contributed by atoms with van der Waals surface area (Å²) >= 11 is 0. The highest BCUT2D eigenvalue weighted by molar-refractivity contribution is 5.38. The maximum atomic E-state index is 10.5. The number of carbonyl (C=O) groups is 1. The number of hydrogen-bond acceptors (Lipinski definition) is 2. The summed E-state index contributed by atoms with van der Waals surface area (Å²) in [7, 11) is 0. The van der Waals surface area contributed by atoms with Gasteiger partial charge >= 0.3 is 0 Å². The summed E-state index contributed by atoms with van der Waals surface area (Å²) in [4.78, 5) is 10.5. The molecule has 0 N–H and O–H groups in total. The van der Waals surface area contributed by atoms with E-state index >= 15 is 0 Å². The van der Waals surface area contributed by atoms with E-state index in [2.05, 4.69) is 33.1 Å². The second kappa shape index (κ2) is 9.89. The van der Waals surface area contributed by atoms with Gasteiger partial charge in [0.1, 0.15) is 5.60 Å². The summed E-state index contributed by atoms with van der Waals surface area (Å²) in [6, 6.07) is 0. The van der Waals surface area contributed by atoms with E-state index < -0.39 is 0 Å². The molecule has 110 valence electrons. The topological polar surface area (TPSA) is 26.3 Å². The van der Waals surface area contributed by atoms with Crippen molar-refractivity contribution in [3.05, 3.63) is 0 Å². The van der Waals surface area contributed by atoms with Gasteiger partial charge in [0.05, 0.1) is 0 Å². The van der Waals surface area contributed by atoms with Crippen LogP contribution in [0, 0.1) is 24.2 Å². The van der Waals surface area contributed by atoms with Crippen molar-refractivity contribution in [2.75, 3.05) is 0 Å². The average Bonchev–Trinajstić information content (AvgIpc) is 2.39. The lowest BCUT2D eigenvalue weighted by Crippen LogP contribution is -2.29. The molecule has 0 saturated heterocycles. The van der Waals surface area contributed by atoms with Crippen LogP contribution in [0.2, 0.25) is 0 Å². The third-order valence-corrected chi connectivity index (χ3v) is 4.41. The van der Waals surface area contributed by atoms with E-state index in [-0.39, 0.29) is 5.60 Å². The summed E-state index contributed by atoms with van der Waals surface area (Å²) < 4.78 is 5.22. The Bertz CT molecular complexity index is 279. The third-order valence-electron chi connectivity index (χ3n) is 4.41. The molecule has 0 heterocycles. The average molecular weight is 266 g/mol. The van der Waals surface area contributed by atoms with E-state index in [4.69, 9.17) is 4.74 Å². The molecule has 19 heavy (non-hydrogen) atoms. The first-order valence-electron chi connectivity index (χ1n) is 7.51. The van der Waals surface area contributed by atoms with Crippen LogP contribution in [-0.4, -0.2) is 12.1 Å². The zero-order chi connectivity index (χ0) is 14.7. The molecule has 0 bridgehead atoms. The Morgan fingerprint density at radius 1 is 1.42 bits per heavy atom. The Kier molecular flexibility index (Phi) is 9.39. The lowest BCUT2D eigenvalue weighted by atomic mass is 9.76. The number of carbonyl (C=O) groups excluding carboxylic acids is 1.